The zero-order valence-electron chi connectivity index (χ0n) is 16.7. The highest BCUT2D eigenvalue weighted by molar-refractivity contribution is 5.79. The largest absolute Gasteiger partial charge is 0.496 e. The second-order valence-electron chi connectivity index (χ2n) is 6.88. The first-order chi connectivity index (χ1) is 12.7. The Balaban J connectivity index is 1.69. The molecule has 6 heteroatoms. The van der Waals surface area contributed by atoms with Gasteiger partial charge in [0.1, 0.15) is 5.75 Å². The molecule has 0 aliphatic heterocycles. The smallest absolute Gasteiger partial charge is 0.191 e. The lowest BCUT2D eigenvalue weighted by Gasteiger charge is -2.22. The SMILES string of the molecule is CN=C(NCCCOC1CCCCC1)NCc1ncc(C)c(OC)c1C. The molecule has 26 heavy (non-hydrogen) atoms. The van der Waals surface area contributed by atoms with E-state index in [4.69, 9.17) is 9.47 Å². The molecule has 1 aliphatic rings. The molecule has 0 bridgehead atoms. The molecule has 0 atom stereocenters. The van der Waals surface area contributed by atoms with Crippen molar-refractivity contribution in [1.82, 2.24) is 15.6 Å². The Bertz CT molecular complexity index is 583. The van der Waals surface area contributed by atoms with Crippen LogP contribution in [0.3, 0.4) is 0 Å². The number of guanidine groups is 1. The topological polar surface area (TPSA) is 67.8 Å². The fraction of sp³-hybridized carbons (Fsp3) is 0.700. The summed E-state index contributed by atoms with van der Waals surface area (Å²) in [7, 11) is 3.48. The molecule has 2 N–H and O–H groups in total. The monoisotopic (exact) mass is 362 g/mol. The molecule has 2 rings (SSSR count). The summed E-state index contributed by atoms with van der Waals surface area (Å²) in [4.78, 5) is 8.78. The highest BCUT2D eigenvalue weighted by Crippen LogP contribution is 2.23. The number of rotatable bonds is 8. The Hall–Kier alpha value is -1.82. The van der Waals surface area contributed by atoms with Gasteiger partial charge in [-0.25, -0.2) is 0 Å². The van der Waals surface area contributed by atoms with Crippen LogP contribution in [0.4, 0.5) is 0 Å². The average molecular weight is 363 g/mol. The molecule has 0 amide bonds. The van der Waals surface area contributed by atoms with E-state index in [1.807, 2.05) is 20.0 Å². The minimum atomic E-state index is 0.478. The van der Waals surface area contributed by atoms with Crippen molar-refractivity contribution in [2.75, 3.05) is 27.3 Å². The van der Waals surface area contributed by atoms with Crippen LogP contribution in [0.25, 0.3) is 0 Å². The number of hydrogen-bond donors (Lipinski definition) is 2. The normalized spacial score (nSPS) is 15.8. The zero-order chi connectivity index (χ0) is 18.8. The van der Waals surface area contributed by atoms with Gasteiger partial charge in [-0.1, -0.05) is 19.3 Å². The minimum Gasteiger partial charge on any atom is -0.496 e. The third-order valence-corrected chi connectivity index (χ3v) is 4.92. The highest BCUT2D eigenvalue weighted by atomic mass is 16.5. The summed E-state index contributed by atoms with van der Waals surface area (Å²) in [6, 6.07) is 0. The van der Waals surface area contributed by atoms with Crippen molar-refractivity contribution in [2.45, 2.75) is 65.0 Å². The number of pyridine rings is 1. The van der Waals surface area contributed by atoms with Gasteiger partial charge in [0.2, 0.25) is 0 Å². The molecule has 1 aliphatic carbocycles. The van der Waals surface area contributed by atoms with Crippen molar-refractivity contribution in [2.24, 2.45) is 4.99 Å². The average Bonchev–Trinajstić information content (AvgIpc) is 2.66. The van der Waals surface area contributed by atoms with Crippen molar-refractivity contribution in [3.05, 3.63) is 23.0 Å². The molecular weight excluding hydrogens is 328 g/mol. The zero-order valence-corrected chi connectivity index (χ0v) is 16.7. The number of aliphatic imine (C=N–C) groups is 1. The fourth-order valence-electron chi connectivity index (χ4n) is 3.40. The van der Waals surface area contributed by atoms with Crippen LogP contribution in [0.5, 0.6) is 5.75 Å². The maximum Gasteiger partial charge on any atom is 0.191 e. The highest BCUT2D eigenvalue weighted by Gasteiger charge is 2.13. The summed E-state index contributed by atoms with van der Waals surface area (Å²) in [5.41, 5.74) is 3.08. The second kappa shape index (κ2) is 11.0. The molecule has 0 aromatic carbocycles. The summed E-state index contributed by atoms with van der Waals surface area (Å²) < 4.78 is 11.4. The van der Waals surface area contributed by atoms with Crippen molar-refractivity contribution in [1.29, 1.82) is 0 Å². The molecule has 6 nitrogen and oxygen atoms in total. The van der Waals surface area contributed by atoms with Gasteiger partial charge in [0.05, 0.1) is 25.5 Å². The molecule has 0 saturated heterocycles. The second-order valence-corrected chi connectivity index (χ2v) is 6.88. The van der Waals surface area contributed by atoms with Crippen LogP contribution in [0.1, 0.15) is 55.3 Å². The first-order valence-corrected chi connectivity index (χ1v) is 9.71. The van der Waals surface area contributed by atoms with Crippen LogP contribution in [0.15, 0.2) is 11.2 Å². The molecule has 1 aromatic rings. The van der Waals surface area contributed by atoms with Crippen LogP contribution in [0, 0.1) is 13.8 Å². The lowest BCUT2D eigenvalue weighted by atomic mass is 9.98. The first-order valence-electron chi connectivity index (χ1n) is 9.71. The van der Waals surface area contributed by atoms with Crippen LogP contribution in [-0.2, 0) is 11.3 Å². The Morgan fingerprint density at radius 3 is 2.69 bits per heavy atom. The third-order valence-electron chi connectivity index (χ3n) is 4.92. The van der Waals surface area contributed by atoms with Crippen molar-refractivity contribution >= 4 is 5.96 Å². The van der Waals surface area contributed by atoms with Crippen molar-refractivity contribution in [3.8, 4) is 5.75 Å². The van der Waals surface area contributed by atoms with Gasteiger partial charge in [-0.05, 0) is 33.1 Å². The van der Waals surface area contributed by atoms with E-state index in [9.17, 15) is 0 Å². The van der Waals surface area contributed by atoms with Crippen LogP contribution in [0.2, 0.25) is 0 Å². The molecular formula is C20H34N4O2. The van der Waals surface area contributed by atoms with E-state index >= 15 is 0 Å². The van der Waals surface area contributed by atoms with Gasteiger partial charge in [0.25, 0.3) is 0 Å². The molecule has 0 unspecified atom stereocenters. The van der Waals surface area contributed by atoms with Gasteiger partial charge in [-0.2, -0.15) is 0 Å². The molecule has 0 spiro atoms. The molecule has 1 saturated carbocycles. The van der Waals surface area contributed by atoms with E-state index in [1.165, 1.54) is 32.1 Å². The van der Waals surface area contributed by atoms with Crippen LogP contribution < -0.4 is 15.4 Å². The Morgan fingerprint density at radius 2 is 2.00 bits per heavy atom. The number of ether oxygens (including phenoxy) is 2. The predicted molar refractivity (Wildman–Crippen MR) is 106 cm³/mol. The van der Waals surface area contributed by atoms with Crippen molar-refractivity contribution < 1.29 is 9.47 Å². The third kappa shape index (κ3) is 6.16. The maximum atomic E-state index is 5.96. The number of nitrogens with zero attached hydrogens (tertiary/aromatic N) is 2. The van der Waals surface area contributed by atoms with E-state index in [2.05, 4.69) is 20.6 Å². The standard InChI is InChI=1S/C20H34N4O2/c1-15-13-23-18(16(2)19(15)25-4)14-24-20(21-3)22-11-8-12-26-17-9-6-5-7-10-17/h13,17H,5-12,14H2,1-4H3,(H2,21,22,24). The minimum absolute atomic E-state index is 0.478. The van der Waals surface area contributed by atoms with E-state index in [1.54, 1.807) is 14.2 Å². The van der Waals surface area contributed by atoms with Crippen LogP contribution in [-0.4, -0.2) is 44.4 Å². The summed E-state index contributed by atoms with van der Waals surface area (Å²) in [5.74, 6) is 1.68. The van der Waals surface area contributed by atoms with Gasteiger partial charge in [0, 0.05) is 37.5 Å². The van der Waals surface area contributed by atoms with E-state index in [0.29, 0.717) is 12.6 Å². The lowest BCUT2D eigenvalue weighted by molar-refractivity contribution is 0.0277. The maximum absolute atomic E-state index is 5.96. The first kappa shape index (κ1) is 20.5. The summed E-state index contributed by atoms with van der Waals surface area (Å²) in [5, 5.41) is 6.65. The molecule has 0 radical (unpaired) electrons. The Morgan fingerprint density at radius 1 is 1.23 bits per heavy atom. The van der Waals surface area contributed by atoms with Gasteiger partial charge in [-0.3, -0.25) is 9.98 Å². The van der Waals surface area contributed by atoms with E-state index < -0.39 is 0 Å². The quantitative estimate of drug-likeness (QED) is 0.422. The van der Waals surface area contributed by atoms with Gasteiger partial charge in [-0.15, -0.1) is 0 Å². The van der Waals surface area contributed by atoms with Gasteiger partial charge < -0.3 is 20.1 Å². The van der Waals surface area contributed by atoms with Gasteiger partial charge in [0.15, 0.2) is 5.96 Å². The number of aromatic nitrogens is 1. The number of aryl methyl sites for hydroxylation is 1. The molecule has 1 fully saturated rings. The Labute approximate surface area is 157 Å². The van der Waals surface area contributed by atoms with Crippen LogP contribution >= 0.6 is 0 Å². The molecule has 1 heterocycles. The number of methoxy groups -OCH3 is 1. The Kier molecular flexibility index (Phi) is 8.68. The number of hydrogen-bond acceptors (Lipinski definition) is 4. The van der Waals surface area contributed by atoms with Gasteiger partial charge >= 0.3 is 0 Å². The molecule has 146 valence electrons. The summed E-state index contributed by atoms with van der Waals surface area (Å²) in [6.45, 7) is 6.31. The van der Waals surface area contributed by atoms with E-state index in [0.717, 1.165) is 48.1 Å². The lowest BCUT2D eigenvalue weighted by Crippen LogP contribution is -2.38. The van der Waals surface area contributed by atoms with Crippen molar-refractivity contribution in [3.63, 3.8) is 0 Å². The summed E-state index contributed by atoms with van der Waals surface area (Å²) >= 11 is 0. The number of nitrogens with one attached hydrogen (secondary N) is 2. The summed E-state index contributed by atoms with van der Waals surface area (Å²) in [6.07, 6.45) is 9.75. The fourth-order valence-corrected chi connectivity index (χ4v) is 3.40. The molecule has 1 aromatic heterocycles. The van der Waals surface area contributed by atoms with E-state index in [-0.39, 0.29) is 0 Å². The predicted octanol–water partition coefficient (Wildman–Crippen LogP) is 3.11.